The first-order chi connectivity index (χ1) is 7.95. The number of halogens is 1. The van der Waals surface area contributed by atoms with Gasteiger partial charge in [-0.05, 0) is 18.6 Å². The average Bonchev–Trinajstić information content (AvgIpc) is 2.29. The van der Waals surface area contributed by atoms with Crippen molar-refractivity contribution in [2.45, 2.75) is 13.0 Å². The number of nitrogens with zero attached hydrogens (tertiary/aromatic N) is 1. The molecule has 7 heteroatoms. The van der Waals surface area contributed by atoms with Crippen molar-refractivity contribution in [3.8, 4) is 0 Å². The first kappa shape index (κ1) is 13.7. The fourth-order valence-corrected chi connectivity index (χ4v) is 1.41. The Hall–Kier alpha value is -1.37. The van der Waals surface area contributed by atoms with E-state index in [-0.39, 0.29) is 17.9 Å². The molecule has 0 fully saturated rings. The van der Waals surface area contributed by atoms with E-state index in [1.807, 2.05) is 0 Å². The molecule has 0 aromatic heterocycles. The average molecular weight is 261 g/mol. The van der Waals surface area contributed by atoms with Gasteiger partial charge in [-0.2, -0.15) is 0 Å². The summed E-state index contributed by atoms with van der Waals surface area (Å²) >= 11 is 5.87. The first-order valence-corrected chi connectivity index (χ1v) is 5.30. The number of aryl methyl sites for hydroxylation is 1. The van der Waals surface area contributed by atoms with Crippen LogP contribution in [0.2, 0.25) is 5.02 Å². The Morgan fingerprint density at radius 1 is 1.59 bits per heavy atom. The molecule has 1 rings (SSSR count). The lowest BCUT2D eigenvalue weighted by atomic mass is 10.2. The van der Waals surface area contributed by atoms with Gasteiger partial charge < -0.3 is 15.5 Å². The second-order valence-electron chi connectivity index (χ2n) is 3.59. The van der Waals surface area contributed by atoms with Gasteiger partial charge in [0.1, 0.15) is 5.69 Å². The minimum Gasteiger partial charge on any atom is -0.394 e. The molecular formula is C10H13ClN2O4. The van der Waals surface area contributed by atoms with Gasteiger partial charge in [0.2, 0.25) is 0 Å². The molecule has 17 heavy (non-hydrogen) atoms. The number of aliphatic hydroxyl groups is 2. The SMILES string of the molecule is Cc1cc([N+](=O)[O-])c(NCC(O)CO)cc1Cl. The summed E-state index contributed by atoms with van der Waals surface area (Å²) in [6.07, 6.45) is -0.977. The molecule has 1 aromatic carbocycles. The molecule has 1 unspecified atom stereocenters. The molecule has 1 atom stereocenters. The van der Waals surface area contributed by atoms with Gasteiger partial charge in [0.05, 0.1) is 17.6 Å². The molecule has 0 saturated heterocycles. The Kier molecular flexibility index (Phi) is 4.68. The van der Waals surface area contributed by atoms with E-state index in [0.29, 0.717) is 10.6 Å². The minimum atomic E-state index is -0.977. The molecule has 0 aliphatic heterocycles. The molecule has 0 radical (unpaired) electrons. The van der Waals surface area contributed by atoms with E-state index >= 15 is 0 Å². The molecule has 6 nitrogen and oxygen atoms in total. The van der Waals surface area contributed by atoms with Crippen molar-refractivity contribution in [3.63, 3.8) is 0 Å². The van der Waals surface area contributed by atoms with Crippen LogP contribution in [0, 0.1) is 17.0 Å². The Morgan fingerprint density at radius 2 is 2.24 bits per heavy atom. The Morgan fingerprint density at radius 3 is 2.76 bits per heavy atom. The smallest absolute Gasteiger partial charge is 0.292 e. The van der Waals surface area contributed by atoms with E-state index in [1.165, 1.54) is 12.1 Å². The van der Waals surface area contributed by atoms with E-state index in [0.717, 1.165) is 0 Å². The molecule has 0 amide bonds. The number of benzene rings is 1. The third kappa shape index (κ3) is 3.55. The van der Waals surface area contributed by atoms with Gasteiger partial charge in [0, 0.05) is 17.6 Å². The van der Waals surface area contributed by atoms with Crippen LogP contribution < -0.4 is 5.32 Å². The van der Waals surface area contributed by atoms with Crippen molar-refractivity contribution in [3.05, 3.63) is 32.8 Å². The summed E-state index contributed by atoms with van der Waals surface area (Å²) in [5.41, 5.74) is 0.710. The number of nitro benzene ring substituents is 1. The summed E-state index contributed by atoms with van der Waals surface area (Å²) in [7, 11) is 0. The van der Waals surface area contributed by atoms with Crippen LogP contribution in [0.3, 0.4) is 0 Å². The van der Waals surface area contributed by atoms with Gasteiger partial charge in [0.15, 0.2) is 0 Å². The van der Waals surface area contributed by atoms with E-state index in [1.54, 1.807) is 6.92 Å². The summed E-state index contributed by atoms with van der Waals surface area (Å²) < 4.78 is 0. The molecule has 3 N–H and O–H groups in total. The highest BCUT2D eigenvalue weighted by Gasteiger charge is 2.16. The fraction of sp³-hybridized carbons (Fsp3) is 0.400. The van der Waals surface area contributed by atoms with E-state index in [4.69, 9.17) is 21.8 Å². The number of nitrogens with one attached hydrogen (secondary N) is 1. The molecular weight excluding hydrogens is 248 g/mol. The van der Waals surface area contributed by atoms with Crippen LogP contribution in [0.25, 0.3) is 0 Å². The van der Waals surface area contributed by atoms with Crippen molar-refractivity contribution in [2.75, 3.05) is 18.5 Å². The Bertz CT molecular complexity index is 425. The second kappa shape index (κ2) is 5.81. The zero-order valence-electron chi connectivity index (χ0n) is 9.18. The maximum atomic E-state index is 10.8. The summed E-state index contributed by atoms with van der Waals surface area (Å²) in [5.74, 6) is 0. The highest BCUT2D eigenvalue weighted by atomic mass is 35.5. The van der Waals surface area contributed by atoms with Gasteiger partial charge in [-0.1, -0.05) is 11.6 Å². The molecule has 0 spiro atoms. The van der Waals surface area contributed by atoms with Crippen LogP contribution >= 0.6 is 11.6 Å². The fourth-order valence-electron chi connectivity index (χ4n) is 1.25. The molecule has 94 valence electrons. The summed E-state index contributed by atoms with van der Waals surface area (Å²) in [6, 6.07) is 2.79. The highest BCUT2D eigenvalue weighted by molar-refractivity contribution is 6.31. The Labute approximate surface area is 103 Å². The predicted molar refractivity (Wildman–Crippen MR) is 64.4 cm³/mol. The predicted octanol–water partition coefficient (Wildman–Crippen LogP) is 1.32. The maximum Gasteiger partial charge on any atom is 0.292 e. The van der Waals surface area contributed by atoms with Gasteiger partial charge in [-0.15, -0.1) is 0 Å². The van der Waals surface area contributed by atoms with Crippen LogP contribution in [0.15, 0.2) is 12.1 Å². The summed E-state index contributed by atoms with van der Waals surface area (Å²) in [5, 5.41) is 31.7. The lowest BCUT2D eigenvalue weighted by molar-refractivity contribution is -0.384. The third-order valence-electron chi connectivity index (χ3n) is 2.21. The number of anilines is 1. The monoisotopic (exact) mass is 260 g/mol. The highest BCUT2D eigenvalue weighted by Crippen LogP contribution is 2.30. The van der Waals surface area contributed by atoms with Crippen LogP contribution in [0.5, 0.6) is 0 Å². The van der Waals surface area contributed by atoms with Crippen LogP contribution in [-0.2, 0) is 0 Å². The quantitative estimate of drug-likeness (QED) is 0.548. The van der Waals surface area contributed by atoms with E-state index < -0.39 is 17.6 Å². The van der Waals surface area contributed by atoms with Crippen molar-refractivity contribution in [1.29, 1.82) is 0 Å². The number of aliphatic hydroxyl groups excluding tert-OH is 2. The van der Waals surface area contributed by atoms with Crippen LogP contribution in [0.4, 0.5) is 11.4 Å². The number of nitro groups is 1. The lowest BCUT2D eigenvalue weighted by Gasteiger charge is -2.11. The minimum absolute atomic E-state index is 0.0106. The molecule has 1 aromatic rings. The van der Waals surface area contributed by atoms with Gasteiger partial charge >= 0.3 is 0 Å². The topological polar surface area (TPSA) is 95.6 Å². The van der Waals surface area contributed by atoms with Gasteiger partial charge in [0.25, 0.3) is 5.69 Å². The van der Waals surface area contributed by atoms with Crippen LogP contribution in [0.1, 0.15) is 5.56 Å². The normalized spacial score (nSPS) is 12.2. The Balaban J connectivity index is 2.96. The second-order valence-corrected chi connectivity index (χ2v) is 4.00. The molecule has 0 heterocycles. The van der Waals surface area contributed by atoms with Crippen molar-refractivity contribution < 1.29 is 15.1 Å². The zero-order valence-corrected chi connectivity index (χ0v) is 9.94. The summed E-state index contributed by atoms with van der Waals surface area (Å²) in [6.45, 7) is 1.26. The number of hydrogen-bond donors (Lipinski definition) is 3. The molecule has 0 saturated carbocycles. The number of rotatable bonds is 5. The largest absolute Gasteiger partial charge is 0.394 e. The van der Waals surface area contributed by atoms with Crippen molar-refractivity contribution in [1.82, 2.24) is 0 Å². The third-order valence-corrected chi connectivity index (χ3v) is 2.62. The van der Waals surface area contributed by atoms with Crippen molar-refractivity contribution in [2.24, 2.45) is 0 Å². The molecule has 0 bridgehead atoms. The van der Waals surface area contributed by atoms with Crippen molar-refractivity contribution >= 4 is 23.0 Å². The van der Waals surface area contributed by atoms with Gasteiger partial charge in [-0.25, -0.2) is 0 Å². The van der Waals surface area contributed by atoms with Gasteiger partial charge in [-0.3, -0.25) is 10.1 Å². The summed E-state index contributed by atoms with van der Waals surface area (Å²) in [4.78, 5) is 10.3. The van der Waals surface area contributed by atoms with Crippen LogP contribution in [-0.4, -0.2) is 34.4 Å². The van der Waals surface area contributed by atoms with E-state index in [9.17, 15) is 10.1 Å². The first-order valence-electron chi connectivity index (χ1n) is 4.93. The van der Waals surface area contributed by atoms with E-state index in [2.05, 4.69) is 5.32 Å². The zero-order chi connectivity index (χ0) is 13.0. The molecule has 0 aliphatic rings. The number of hydrogen-bond acceptors (Lipinski definition) is 5. The lowest BCUT2D eigenvalue weighted by Crippen LogP contribution is -2.23. The molecule has 0 aliphatic carbocycles. The maximum absolute atomic E-state index is 10.8. The standard InChI is InChI=1S/C10H13ClN2O4/c1-6-2-10(13(16)17)9(3-8(6)11)12-4-7(15)5-14/h2-3,7,12,14-15H,4-5H2,1H3.